The fraction of sp³-hybridized carbons (Fsp3) is 0.421. The van der Waals surface area contributed by atoms with Crippen molar-refractivity contribution >= 4 is 35.5 Å². The van der Waals surface area contributed by atoms with Gasteiger partial charge >= 0.3 is 5.97 Å². The Morgan fingerprint density at radius 1 is 1.31 bits per heavy atom. The lowest BCUT2D eigenvalue weighted by Gasteiger charge is -2.22. The van der Waals surface area contributed by atoms with Crippen molar-refractivity contribution in [3.05, 3.63) is 40.9 Å². The van der Waals surface area contributed by atoms with Crippen molar-refractivity contribution in [3.8, 4) is 0 Å². The molecular formula is C19H24N6O3S. The number of benzene rings is 1. The van der Waals surface area contributed by atoms with Crippen molar-refractivity contribution in [1.82, 2.24) is 20.1 Å². The molecule has 10 heteroatoms. The van der Waals surface area contributed by atoms with Gasteiger partial charge in [0.05, 0.1) is 12.3 Å². The second-order valence-electron chi connectivity index (χ2n) is 6.40. The highest BCUT2D eigenvalue weighted by molar-refractivity contribution is 7.71. The van der Waals surface area contributed by atoms with E-state index in [2.05, 4.69) is 20.6 Å². The molecule has 1 aromatic carbocycles. The maximum Gasteiger partial charge on any atom is 0.354 e. The number of amides is 1. The molecule has 1 aliphatic rings. The van der Waals surface area contributed by atoms with E-state index in [-0.39, 0.29) is 24.6 Å². The van der Waals surface area contributed by atoms with Crippen LogP contribution in [0.3, 0.4) is 0 Å². The Kier molecular flexibility index (Phi) is 6.76. The number of rotatable bonds is 8. The summed E-state index contributed by atoms with van der Waals surface area (Å²) in [6.45, 7) is 5.08. The van der Waals surface area contributed by atoms with Crippen molar-refractivity contribution in [2.24, 2.45) is 5.10 Å². The zero-order valence-electron chi connectivity index (χ0n) is 16.4. The number of nitrogens with zero attached hydrogens (tertiary/aromatic N) is 4. The Hall–Kier alpha value is -3.01. The molecule has 0 spiro atoms. The van der Waals surface area contributed by atoms with Crippen LogP contribution in [0.15, 0.2) is 35.4 Å². The molecule has 0 aliphatic carbocycles. The molecular weight excluding hydrogens is 392 g/mol. The van der Waals surface area contributed by atoms with Gasteiger partial charge in [0.25, 0.3) is 0 Å². The molecule has 0 saturated heterocycles. The van der Waals surface area contributed by atoms with E-state index in [1.807, 2.05) is 41.8 Å². The average Bonchev–Trinajstić information content (AvgIpc) is 3.33. The molecule has 0 fully saturated rings. The van der Waals surface area contributed by atoms with Gasteiger partial charge in [-0.3, -0.25) is 14.9 Å². The molecule has 9 nitrogen and oxygen atoms in total. The van der Waals surface area contributed by atoms with Gasteiger partial charge in [-0.1, -0.05) is 18.2 Å². The minimum absolute atomic E-state index is 0.188. The summed E-state index contributed by atoms with van der Waals surface area (Å²) in [6, 6.07) is 8.66. The van der Waals surface area contributed by atoms with E-state index in [1.165, 1.54) is 0 Å². The van der Waals surface area contributed by atoms with Crippen LogP contribution in [-0.4, -0.2) is 51.5 Å². The second kappa shape index (κ2) is 9.46. The topological polar surface area (TPSA) is 105 Å². The first kappa shape index (κ1) is 20.7. The number of hydrogen-bond donors (Lipinski definition) is 2. The molecule has 154 valence electrons. The predicted molar refractivity (Wildman–Crippen MR) is 111 cm³/mol. The van der Waals surface area contributed by atoms with E-state index in [0.717, 1.165) is 11.5 Å². The standard InChI is InChI=1S/C19H24N6O3S/c1-3-24-16(21-22-19(24)29)10-11-20-17(26)15-12-14(18(27)28-4-2)23-25(15)13-8-6-5-7-9-13/h5-9,15H,3-4,10-12H2,1-2H3,(H,20,26)(H,22,29). The first-order valence-electron chi connectivity index (χ1n) is 9.55. The van der Waals surface area contributed by atoms with E-state index < -0.39 is 12.0 Å². The molecule has 0 saturated carbocycles. The normalized spacial score (nSPS) is 15.9. The van der Waals surface area contributed by atoms with Crippen LogP contribution in [0.25, 0.3) is 0 Å². The Labute approximate surface area is 173 Å². The van der Waals surface area contributed by atoms with Crippen molar-refractivity contribution in [3.63, 3.8) is 0 Å². The smallest absolute Gasteiger partial charge is 0.354 e. The lowest BCUT2D eigenvalue weighted by Crippen LogP contribution is -2.43. The third kappa shape index (κ3) is 4.70. The summed E-state index contributed by atoms with van der Waals surface area (Å²) in [5.41, 5.74) is 0.974. The Morgan fingerprint density at radius 2 is 2.07 bits per heavy atom. The van der Waals surface area contributed by atoms with E-state index >= 15 is 0 Å². The number of nitrogens with one attached hydrogen (secondary N) is 2. The van der Waals surface area contributed by atoms with E-state index in [0.29, 0.717) is 24.3 Å². The minimum atomic E-state index is -0.621. The van der Waals surface area contributed by atoms with Crippen LogP contribution in [0.5, 0.6) is 0 Å². The van der Waals surface area contributed by atoms with Gasteiger partial charge in [0.15, 0.2) is 4.77 Å². The third-order valence-corrected chi connectivity index (χ3v) is 4.86. The number of esters is 1. The van der Waals surface area contributed by atoms with E-state index in [1.54, 1.807) is 11.9 Å². The lowest BCUT2D eigenvalue weighted by atomic mass is 10.1. The summed E-state index contributed by atoms with van der Waals surface area (Å²) in [5, 5.41) is 15.8. The van der Waals surface area contributed by atoms with Gasteiger partial charge in [-0.05, 0) is 38.2 Å². The Bertz CT molecular complexity index is 952. The van der Waals surface area contributed by atoms with Gasteiger partial charge in [-0.15, -0.1) is 0 Å². The average molecular weight is 417 g/mol. The molecule has 2 aromatic rings. The van der Waals surface area contributed by atoms with Gasteiger partial charge in [0, 0.05) is 25.9 Å². The van der Waals surface area contributed by atoms with Gasteiger partial charge < -0.3 is 14.6 Å². The number of carbonyl (C=O) groups is 2. The summed E-state index contributed by atoms with van der Waals surface area (Å²) in [5.74, 6) is 0.0731. The highest BCUT2D eigenvalue weighted by atomic mass is 32.1. The summed E-state index contributed by atoms with van der Waals surface area (Å²) >= 11 is 5.18. The van der Waals surface area contributed by atoms with Crippen LogP contribution in [0.1, 0.15) is 26.1 Å². The van der Waals surface area contributed by atoms with Crippen LogP contribution in [0.4, 0.5) is 5.69 Å². The fourth-order valence-electron chi connectivity index (χ4n) is 3.15. The zero-order chi connectivity index (χ0) is 20.8. The van der Waals surface area contributed by atoms with Crippen LogP contribution in [-0.2, 0) is 27.3 Å². The molecule has 1 aromatic heterocycles. The third-order valence-electron chi connectivity index (χ3n) is 4.55. The number of aromatic nitrogens is 3. The number of carbonyl (C=O) groups excluding carboxylic acids is 2. The second-order valence-corrected chi connectivity index (χ2v) is 6.78. The quantitative estimate of drug-likeness (QED) is 0.502. The van der Waals surface area contributed by atoms with Gasteiger partial charge in [0.2, 0.25) is 5.91 Å². The van der Waals surface area contributed by atoms with Crippen LogP contribution >= 0.6 is 12.2 Å². The van der Waals surface area contributed by atoms with Crippen molar-refractivity contribution in [2.45, 2.75) is 39.3 Å². The summed E-state index contributed by atoms with van der Waals surface area (Å²) in [7, 11) is 0. The summed E-state index contributed by atoms with van der Waals surface area (Å²) in [4.78, 5) is 25.0. The van der Waals surface area contributed by atoms with E-state index in [4.69, 9.17) is 17.0 Å². The van der Waals surface area contributed by atoms with Gasteiger partial charge in [-0.2, -0.15) is 10.2 Å². The number of hydrogen-bond acceptors (Lipinski definition) is 7. The first-order valence-corrected chi connectivity index (χ1v) is 9.96. The molecule has 2 N–H and O–H groups in total. The predicted octanol–water partition coefficient (Wildman–Crippen LogP) is 1.82. The van der Waals surface area contributed by atoms with E-state index in [9.17, 15) is 9.59 Å². The maximum atomic E-state index is 12.9. The number of anilines is 1. The lowest BCUT2D eigenvalue weighted by molar-refractivity contribution is -0.135. The van der Waals surface area contributed by atoms with Gasteiger partial charge in [0.1, 0.15) is 17.6 Å². The van der Waals surface area contributed by atoms with Gasteiger partial charge in [-0.25, -0.2) is 4.79 Å². The highest BCUT2D eigenvalue weighted by Gasteiger charge is 2.36. The molecule has 29 heavy (non-hydrogen) atoms. The number of hydrazone groups is 1. The fourth-order valence-corrected chi connectivity index (χ4v) is 3.43. The van der Waals surface area contributed by atoms with Crippen LogP contribution in [0.2, 0.25) is 0 Å². The Morgan fingerprint density at radius 3 is 2.76 bits per heavy atom. The molecule has 1 unspecified atom stereocenters. The molecule has 0 bridgehead atoms. The van der Waals surface area contributed by atoms with Crippen molar-refractivity contribution < 1.29 is 14.3 Å². The molecule has 1 atom stereocenters. The Balaban J connectivity index is 1.69. The minimum Gasteiger partial charge on any atom is -0.461 e. The molecule has 1 amide bonds. The van der Waals surface area contributed by atoms with Crippen LogP contribution < -0.4 is 10.3 Å². The molecule has 1 aliphatic heterocycles. The zero-order valence-corrected chi connectivity index (χ0v) is 17.2. The molecule has 3 rings (SSSR count). The summed E-state index contributed by atoms with van der Waals surface area (Å²) < 4.78 is 7.50. The van der Waals surface area contributed by atoms with Crippen molar-refractivity contribution in [1.29, 1.82) is 0 Å². The molecule has 0 radical (unpaired) electrons. The largest absolute Gasteiger partial charge is 0.461 e. The number of ether oxygens (including phenoxy) is 1. The maximum absolute atomic E-state index is 12.9. The number of H-pyrrole nitrogens is 1. The summed E-state index contributed by atoms with van der Waals surface area (Å²) in [6.07, 6.45) is 0.726. The SMILES string of the molecule is CCOC(=O)C1=NN(c2ccccc2)C(C(=O)NCCc2n[nH]c(=S)n2CC)C1. The molecule has 2 heterocycles. The van der Waals surface area contributed by atoms with Crippen molar-refractivity contribution in [2.75, 3.05) is 18.2 Å². The van der Waals surface area contributed by atoms with Crippen LogP contribution in [0, 0.1) is 4.77 Å². The number of para-hydroxylation sites is 1. The number of aromatic amines is 1. The first-order chi connectivity index (χ1) is 14.0. The monoisotopic (exact) mass is 416 g/mol. The highest BCUT2D eigenvalue weighted by Crippen LogP contribution is 2.25.